The lowest BCUT2D eigenvalue weighted by atomic mass is 9.87. The van der Waals surface area contributed by atoms with Crippen LogP contribution >= 0.6 is 0 Å². The van der Waals surface area contributed by atoms with Gasteiger partial charge in [-0.15, -0.1) is 0 Å². The van der Waals surface area contributed by atoms with E-state index in [9.17, 15) is 0 Å². The summed E-state index contributed by atoms with van der Waals surface area (Å²) in [5.74, 6) is 1.96. The van der Waals surface area contributed by atoms with Crippen molar-refractivity contribution in [3.63, 3.8) is 0 Å². The predicted molar refractivity (Wildman–Crippen MR) is 97.8 cm³/mol. The van der Waals surface area contributed by atoms with E-state index in [2.05, 4.69) is 22.0 Å². The Bertz CT molecular complexity index is 697. The zero-order valence-electron chi connectivity index (χ0n) is 16.0. The summed E-state index contributed by atoms with van der Waals surface area (Å²) in [5, 5.41) is 4.07. The lowest BCUT2D eigenvalue weighted by Crippen LogP contribution is -2.44. The van der Waals surface area contributed by atoms with Crippen LogP contribution in [0.25, 0.3) is 0 Å². The van der Waals surface area contributed by atoms with E-state index in [4.69, 9.17) is 13.7 Å². The number of furan rings is 1. The summed E-state index contributed by atoms with van der Waals surface area (Å²) in [6.45, 7) is 8.75. The summed E-state index contributed by atoms with van der Waals surface area (Å²) in [6.07, 6.45) is 5.05. The Kier molecular flexibility index (Phi) is 4.90. The molecule has 2 fully saturated rings. The van der Waals surface area contributed by atoms with Gasteiger partial charge in [-0.2, -0.15) is 0 Å². The molecule has 0 aliphatic carbocycles. The maximum absolute atomic E-state index is 6.34. The third kappa shape index (κ3) is 3.59. The second-order valence-electron chi connectivity index (χ2n) is 7.93. The van der Waals surface area contributed by atoms with Crippen LogP contribution in [0.3, 0.4) is 0 Å². The molecule has 1 unspecified atom stereocenters. The van der Waals surface area contributed by atoms with Crippen molar-refractivity contribution in [3.05, 3.63) is 41.2 Å². The second-order valence-corrected chi connectivity index (χ2v) is 7.93. The standard InChI is InChI=1S/C20H29N3O3/c1-15-19(16(2)26-21-15)13-23-8-6-20(7-9-23)11-17(14-25-20)22(3)12-18-5-4-10-24-18/h4-5,10,17H,6-9,11-14H2,1-3H3. The molecule has 0 radical (unpaired) electrons. The maximum atomic E-state index is 6.34. The van der Waals surface area contributed by atoms with E-state index in [1.807, 2.05) is 26.0 Å². The SMILES string of the molecule is Cc1noc(C)c1CN1CCC2(CC1)CC(N(C)Cc1ccco1)CO2. The Morgan fingerprint density at radius 1 is 1.31 bits per heavy atom. The average Bonchev–Trinajstić information content (AvgIpc) is 3.35. The van der Waals surface area contributed by atoms with Crippen molar-refractivity contribution in [2.75, 3.05) is 26.7 Å². The van der Waals surface area contributed by atoms with Gasteiger partial charge >= 0.3 is 0 Å². The highest BCUT2D eigenvalue weighted by Gasteiger charge is 2.43. The number of nitrogens with zero attached hydrogens (tertiary/aromatic N) is 3. The topological polar surface area (TPSA) is 54.9 Å². The molecule has 2 saturated heterocycles. The van der Waals surface area contributed by atoms with Gasteiger partial charge in [0.15, 0.2) is 0 Å². The highest BCUT2D eigenvalue weighted by molar-refractivity contribution is 5.20. The molecule has 4 heterocycles. The number of likely N-dealkylation sites (tertiary alicyclic amines) is 1. The quantitative estimate of drug-likeness (QED) is 0.817. The molecule has 4 rings (SSSR count). The van der Waals surface area contributed by atoms with Gasteiger partial charge in [0.1, 0.15) is 11.5 Å². The van der Waals surface area contributed by atoms with Crippen LogP contribution in [-0.4, -0.2) is 53.3 Å². The zero-order valence-corrected chi connectivity index (χ0v) is 16.0. The normalized spacial score (nSPS) is 23.3. The van der Waals surface area contributed by atoms with E-state index in [0.717, 1.165) is 69.3 Å². The number of aryl methyl sites for hydroxylation is 2. The minimum absolute atomic E-state index is 0.0529. The first kappa shape index (κ1) is 17.8. The summed E-state index contributed by atoms with van der Waals surface area (Å²) in [7, 11) is 2.17. The van der Waals surface area contributed by atoms with Crippen LogP contribution < -0.4 is 0 Å². The highest BCUT2D eigenvalue weighted by atomic mass is 16.5. The first-order chi connectivity index (χ1) is 12.5. The lowest BCUT2D eigenvalue weighted by Gasteiger charge is -2.39. The molecule has 142 valence electrons. The van der Waals surface area contributed by atoms with Crippen molar-refractivity contribution >= 4 is 0 Å². The van der Waals surface area contributed by atoms with Crippen LogP contribution in [-0.2, 0) is 17.8 Å². The van der Waals surface area contributed by atoms with Gasteiger partial charge in [-0.25, -0.2) is 0 Å². The van der Waals surface area contributed by atoms with E-state index in [1.54, 1.807) is 6.26 Å². The van der Waals surface area contributed by atoms with Gasteiger partial charge in [-0.05, 0) is 52.3 Å². The molecule has 0 saturated carbocycles. The number of ether oxygens (including phenoxy) is 1. The van der Waals surface area contributed by atoms with Gasteiger partial charge in [0.2, 0.25) is 0 Å². The number of likely N-dealkylation sites (N-methyl/N-ethyl adjacent to an activating group) is 1. The van der Waals surface area contributed by atoms with Gasteiger partial charge in [-0.3, -0.25) is 9.80 Å². The molecule has 0 amide bonds. The fraction of sp³-hybridized carbons (Fsp3) is 0.650. The van der Waals surface area contributed by atoms with Gasteiger partial charge in [-0.1, -0.05) is 5.16 Å². The van der Waals surface area contributed by atoms with Crippen molar-refractivity contribution < 1.29 is 13.7 Å². The average molecular weight is 359 g/mol. The molecule has 1 atom stereocenters. The molecule has 2 aromatic rings. The fourth-order valence-electron chi connectivity index (χ4n) is 4.30. The van der Waals surface area contributed by atoms with Crippen molar-refractivity contribution in [1.82, 2.24) is 15.0 Å². The van der Waals surface area contributed by atoms with Gasteiger partial charge in [0.05, 0.1) is 30.7 Å². The van der Waals surface area contributed by atoms with Crippen molar-refractivity contribution in [3.8, 4) is 0 Å². The Morgan fingerprint density at radius 3 is 2.77 bits per heavy atom. The molecule has 1 spiro atoms. The van der Waals surface area contributed by atoms with Crippen LogP contribution in [0.2, 0.25) is 0 Å². The van der Waals surface area contributed by atoms with E-state index in [0.29, 0.717) is 6.04 Å². The molecule has 2 aromatic heterocycles. The minimum atomic E-state index is 0.0529. The van der Waals surface area contributed by atoms with Gasteiger partial charge in [0, 0.05) is 31.2 Å². The van der Waals surface area contributed by atoms with Crippen molar-refractivity contribution in [2.45, 2.75) is 57.8 Å². The third-order valence-electron chi connectivity index (χ3n) is 6.13. The fourth-order valence-corrected chi connectivity index (χ4v) is 4.30. The largest absolute Gasteiger partial charge is 0.468 e. The van der Waals surface area contributed by atoms with Crippen molar-refractivity contribution in [2.24, 2.45) is 0 Å². The van der Waals surface area contributed by atoms with E-state index < -0.39 is 0 Å². The third-order valence-corrected chi connectivity index (χ3v) is 6.13. The molecule has 0 N–H and O–H groups in total. The number of hydrogen-bond acceptors (Lipinski definition) is 6. The number of piperidine rings is 1. The Labute approximate surface area is 155 Å². The van der Waals surface area contributed by atoms with Gasteiger partial charge in [0.25, 0.3) is 0 Å². The predicted octanol–water partition coefficient (Wildman–Crippen LogP) is 3.14. The summed E-state index contributed by atoms with van der Waals surface area (Å²) in [5.41, 5.74) is 2.31. The molecular formula is C20H29N3O3. The zero-order chi connectivity index (χ0) is 18.1. The Hall–Kier alpha value is -1.63. The van der Waals surface area contributed by atoms with Crippen LogP contribution in [0, 0.1) is 13.8 Å². The number of rotatable bonds is 5. The monoisotopic (exact) mass is 359 g/mol. The van der Waals surface area contributed by atoms with E-state index in [-0.39, 0.29) is 5.60 Å². The summed E-state index contributed by atoms with van der Waals surface area (Å²) >= 11 is 0. The van der Waals surface area contributed by atoms with Crippen LogP contribution in [0.5, 0.6) is 0 Å². The molecule has 2 aliphatic heterocycles. The summed E-state index contributed by atoms with van der Waals surface area (Å²) in [6, 6.07) is 4.45. The maximum Gasteiger partial charge on any atom is 0.138 e. The molecular weight excluding hydrogens is 330 g/mol. The molecule has 0 bridgehead atoms. The number of hydrogen-bond donors (Lipinski definition) is 0. The summed E-state index contributed by atoms with van der Waals surface area (Å²) in [4.78, 5) is 4.87. The van der Waals surface area contributed by atoms with E-state index >= 15 is 0 Å². The van der Waals surface area contributed by atoms with Crippen LogP contribution in [0.1, 0.15) is 42.0 Å². The Morgan fingerprint density at radius 2 is 2.12 bits per heavy atom. The lowest BCUT2D eigenvalue weighted by molar-refractivity contribution is -0.0453. The molecule has 0 aromatic carbocycles. The first-order valence-electron chi connectivity index (χ1n) is 9.55. The molecule has 26 heavy (non-hydrogen) atoms. The highest BCUT2D eigenvalue weighted by Crippen LogP contribution is 2.38. The molecule has 6 heteroatoms. The number of aromatic nitrogens is 1. The van der Waals surface area contributed by atoms with Gasteiger partial charge < -0.3 is 13.7 Å². The molecule has 6 nitrogen and oxygen atoms in total. The first-order valence-corrected chi connectivity index (χ1v) is 9.55. The van der Waals surface area contributed by atoms with E-state index in [1.165, 1.54) is 5.56 Å². The Balaban J connectivity index is 1.30. The second kappa shape index (κ2) is 7.18. The smallest absolute Gasteiger partial charge is 0.138 e. The van der Waals surface area contributed by atoms with Crippen LogP contribution in [0.15, 0.2) is 27.3 Å². The van der Waals surface area contributed by atoms with Crippen molar-refractivity contribution in [1.29, 1.82) is 0 Å². The van der Waals surface area contributed by atoms with Crippen LogP contribution in [0.4, 0.5) is 0 Å². The molecule has 2 aliphatic rings. The summed E-state index contributed by atoms with van der Waals surface area (Å²) < 4.78 is 17.1. The minimum Gasteiger partial charge on any atom is -0.468 e.